The number of imidazole rings is 1. The summed E-state index contributed by atoms with van der Waals surface area (Å²) in [5, 5.41) is 3.23. The Kier molecular flexibility index (Phi) is 5.85. The lowest BCUT2D eigenvalue weighted by molar-refractivity contribution is -0.132. The van der Waals surface area contributed by atoms with Gasteiger partial charge >= 0.3 is 0 Å². The van der Waals surface area contributed by atoms with Crippen LogP contribution in [0, 0.1) is 0 Å². The average Bonchev–Trinajstić information content (AvgIpc) is 2.84. The molecule has 1 heterocycles. The van der Waals surface area contributed by atoms with Gasteiger partial charge in [-0.15, -0.1) is 0 Å². The average molecular weight is 252 g/mol. The van der Waals surface area contributed by atoms with Gasteiger partial charge in [0.05, 0.1) is 12.6 Å². The molecule has 0 spiro atoms. The molecule has 102 valence electrons. The van der Waals surface area contributed by atoms with E-state index in [0.29, 0.717) is 6.54 Å². The van der Waals surface area contributed by atoms with Crippen LogP contribution in [-0.2, 0) is 17.9 Å². The third-order valence-corrected chi connectivity index (χ3v) is 3.15. The van der Waals surface area contributed by atoms with Crippen molar-refractivity contribution in [1.82, 2.24) is 19.8 Å². The fourth-order valence-corrected chi connectivity index (χ4v) is 1.94. The van der Waals surface area contributed by atoms with E-state index in [1.54, 1.807) is 6.20 Å². The highest BCUT2D eigenvalue weighted by molar-refractivity contribution is 5.81. The molecule has 0 saturated heterocycles. The molecule has 0 saturated carbocycles. The number of nitrogens with one attached hydrogen (secondary N) is 1. The van der Waals surface area contributed by atoms with Gasteiger partial charge in [0.2, 0.25) is 5.91 Å². The van der Waals surface area contributed by atoms with Crippen LogP contribution in [0.5, 0.6) is 0 Å². The summed E-state index contributed by atoms with van der Waals surface area (Å²) >= 11 is 0. The van der Waals surface area contributed by atoms with Gasteiger partial charge in [0.25, 0.3) is 0 Å². The predicted molar refractivity (Wildman–Crippen MR) is 72.1 cm³/mol. The normalized spacial score (nSPS) is 12.4. The summed E-state index contributed by atoms with van der Waals surface area (Å²) in [5.41, 5.74) is 0. The van der Waals surface area contributed by atoms with Gasteiger partial charge in [-0.05, 0) is 27.7 Å². The lowest BCUT2D eigenvalue weighted by Gasteiger charge is -2.23. The van der Waals surface area contributed by atoms with E-state index in [1.165, 1.54) is 0 Å². The largest absolute Gasteiger partial charge is 0.342 e. The number of aryl methyl sites for hydroxylation is 1. The highest BCUT2D eigenvalue weighted by Crippen LogP contribution is 2.00. The number of carbonyl (C=O) groups is 1. The number of hydrogen-bond donors (Lipinski definition) is 1. The van der Waals surface area contributed by atoms with Crippen LogP contribution in [0.4, 0.5) is 0 Å². The summed E-state index contributed by atoms with van der Waals surface area (Å²) in [6.45, 7) is 11.0. The molecule has 0 aliphatic heterocycles. The minimum atomic E-state index is -0.174. The first kappa shape index (κ1) is 14.7. The Bertz CT molecular complexity index is 371. The van der Waals surface area contributed by atoms with Gasteiger partial charge in [-0.1, -0.05) is 0 Å². The number of amides is 1. The lowest BCUT2D eigenvalue weighted by atomic mass is 10.2. The van der Waals surface area contributed by atoms with Crippen molar-refractivity contribution < 1.29 is 4.79 Å². The number of carbonyl (C=O) groups excluding carboxylic acids is 1. The van der Waals surface area contributed by atoms with Gasteiger partial charge in [-0.2, -0.15) is 0 Å². The van der Waals surface area contributed by atoms with E-state index in [9.17, 15) is 4.79 Å². The van der Waals surface area contributed by atoms with E-state index in [1.807, 2.05) is 31.9 Å². The third kappa shape index (κ3) is 3.57. The molecular weight excluding hydrogens is 228 g/mol. The number of aromatic nitrogens is 2. The highest BCUT2D eigenvalue weighted by Gasteiger charge is 2.17. The van der Waals surface area contributed by atoms with Crippen LogP contribution in [0.2, 0.25) is 0 Å². The van der Waals surface area contributed by atoms with E-state index in [-0.39, 0.29) is 11.9 Å². The molecule has 0 aliphatic rings. The summed E-state index contributed by atoms with van der Waals surface area (Å²) in [6, 6.07) is -0.174. The first-order valence-corrected chi connectivity index (χ1v) is 6.66. The first-order chi connectivity index (χ1) is 8.63. The lowest BCUT2D eigenvalue weighted by Crippen LogP contribution is -2.44. The molecule has 1 rings (SSSR count). The maximum Gasteiger partial charge on any atom is 0.239 e. The summed E-state index contributed by atoms with van der Waals surface area (Å²) in [5.74, 6) is 1.12. The molecule has 5 nitrogen and oxygen atoms in total. The monoisotopic (exact) mass is 252 g/mol. The Labute approximate surface area is 109 Å². The molecule has 1 amide bonds. The van der Waals surface area contributed by atoms with Gasteiger partial charge in [0.15, 0.2) is 0 Å². The van der Waals surface area contributed by atoms with Crippen molar-refractivity contribution in [1.29, 1.82) is 0 Å². The summed E-state index contributed by atoms with van der Waals surface area (Å²) < 4.78 is 2.07. The second-order valence-corrected chi connectivity index (χ2v) is 4.24. The summed E-state index contributed by atoms with van der Waals surface area (Å²) in [6.07, 6.45) is 3.74. The molecule has 18 heavy (non-hydrogen) atoms. The Balaban J connectivity index is 2.50. The molecule has 0 radical (unpaired) electrons. The number of hydrogen-bond acceptors (Lipinski definition) is 3. The van der Waals surface area contributed by atoms with E-state index in [0.717, 1.165) is 25.5 Å². The zero-order chi connectivity index (χ0) is 13.5. The molecule has 0 aliphatic carbocycles. The molecule has 1 N–H and O–H groups in total. The molecule has 0 aromatic carbocycles. The zero-order valence-corrected chi connectivity index (χ0v) is 11.8. The van der Waals surface area contributed by atoms with E-state index < -0.39 is 0 Å². The number of likely N-dealkylation sites (N-methyl/N-ethyl adjacent to an activating group) is 1. The Hall–Kier alpha value is -1.36. The van der Waals surface area contributed by atoms with E-state index in [2.05, 4.69) is 21.8 Å². The molecule has 1 atom stereocenters. The van der Waals surface area contributed by atoms with Gasteiger partial charge in [0, 0.05) is 32.0 Å². The SMILES string of the molecule is CCN(CC)C(=O)C(C)NCc1nccn1CC. The number of nitrogens with zero attached hydrogens (tertiary/aromatic N) is 3. The standard InChI is InChI=1S/C13H24N4O/c1-5-16(6-2)13(18)11(4)15-10-12-14-8-9-17(12)7-3/h8-9,11,15H,5-7,10H2,1-4H3. The van der Waals surface area contributed by atoms with Crippen molar-refractivity contribution in [2.75, 3.05) is 13.1 Å². The minimum absolute atomic E-state index is 0.148. The van der Waals surface area contributed by atoms with E-state index in [4.69, 9.17) is 0 Å². The fourth-order valence-electron chi connectivity index (χ4n) is 1.94. The van der Waals surface area contributed by atoms with Crippen LogP contribution < -0.4 is 5.32 Å². The second-order valence-electron chi connectivity index (χ2n) is 4.24. The van der Waals surface area contributed by atoms with Crippen LogP contribution >= 0.6 is 0 Å². The van der Waals surface area contributed by atoms with Crippen molar-refractivity contribution in [3.05, 3.63) is 18.2 Å². The molecule has 0 bridgehead atoms. The van der Waals surface area contributed by atoms with Crippen LogP contribution in [0.25, 0.3) is 0 Å². The first-order valence-electron chi connectivity index (χ1n) is 6.66. The number of rotatable bonds is 7. The van der Waals surface area contributed by atoms with Crippen LogP contribution in [0.1, 0.15) is 33.5 Å². The molecule has 1 aromatic heterocycles. The van der Waals surface area contributed by atoms with Crippen molar-refractivity contribution in [2.45, 2.75) is 46.8 Å². The van der Waals surface area contributed by atoms with Gasteiger partial charge < -0.3 is 9.47 Å². The van der Waals surface area contributed by atoms with Crippen LogP contribution in [-0.4, -0.2) is 39.5 Å². The zero-order valence-electron chi connectivity index (χ0n) is 11.8. The minimum Gasteiger partial charge on any atom is -0.342 e. The second kappa shape index (κ2) is 7.16. The van der Waals surface area contributed by atoms with Crippen molar-refractivity contribution in [3.63, 3.8) is 0 Å². The van der Waals surface area contributed by atoms with Crippen molar-refractivity contribution in [3.8, 4) is 0 Å². The molecule has 0 fully saturated rings. The molecule has 1 unspecified atom stereocenters. The Morgan fingerprint density at radius 3 is 2.67 bits per heavy atom. The van der Waals surface area contributed by atoms with E-state index >= 15 is 0 Å². The van der Waals surface area contributed by atoms with Crippen molar-refractivity contribution >= 4 is 5.91 Å². The van der Waals surface area contributed by atoms with Crippen molar-refractivity contribution in [2.24, 2.45) is 0 Å². The third-order valence-electron chi connectivity index (χ3n) is 3.15. The molecule has 5 heteroatoms. The Morgan fingerprint density at radius 2 is 2.11 bits per heavy atom. The smallest absolute Gasteiger partial charge is 0.239 e. The predicted octanol–water partition coefficient (Wildman–Crippen LogP) is 1.25. The topological polar surface area (TPSA) is 50.2 Å². The highest BCUT2D eigenvalue weighted by atomic mass is 16.2. The quantitative estimate of drug-likeness (QED) is 0.794. The van der Waals surface area contributed by atoms with Gasteiger partial charge in [-0.3, -0.25) is 10.1 Å². The molecule has 1 aromatic rings. The summed E-state index contributed by atoms with van der Waals surface area (Å²) in [4.78, 5) is 18.2. The maximum atomic E-state index is 12.1. The van der Waals surface area contributed by atoms with Crippen LogP contribution in [0.15, 0.2) is 12.4 Å². The maximum absolute atomic E-state index is 12.1. The summed E-state index contributed by atoms with van der Waals surface area (Å²) in [7, 11) is 0. The van der Waals surface area contributed by atoms with Gasteiger partial charge in [0.1, 0.15) is 5.82 Å². The molecular formula is C13H24N4O. The van der Waals surface area contributed by atoms with Gasteiger partial charge in [-0.25, -0.2) is 4.98 Å². The Morgan fingerprint density at radius 1 is 1.44 bits per heavy atom. The fraction of sp³-hybridized carbons (Fsp3) is 0.692. The van der Waals surface area contributed by atoms with Crippen LogP contribution in [0.3, 0.4) is 0 Å².